The molecular formula is C7H4Br3O2S-. The summed E-state index contributed by atoms with van der Waals surface area (Å²) in [5, 5.41) is 0. The van der Waals surface area contributed by atoms with Crippen LogP contribution in [0, 0.1) is 0 Å². The SMILES string of the molecule is O=S([O-])c1ccc(C(Br)(Br)Br)cc1. The molecule has 1 rings (SSSR count). The molecule has 1 aromatic carbocycles. The first-order valence-electron chi connectivity index (χ1n) is 3.18. The quantitative estimate of drug-likeness (QED) is 0.544. The molecule has 1 aromatic rings. The molecule has 1 atom stereocenters. The predicted octanol–water partition coefficient (Wildman–Crippen LogP) is 3.22. The molecule has 0 aliphatic carbocycles. The number of rotatable bonds is 1. The van der Waals surface area contributed by atoms with Crippen molar-refractivity contribution in [2.75, 3.05) is 0 Å². The molecule has 0 bridgehead atoms. The van der Waals surface area contributed by atoms with E-state index in [1.54, 1.807) is 12.1 Å². The summed E-state index contributed by atoms with van der Waals surface area (Å²) in [6, 6.07) is 6.50. The van der Waals surface area contributed by atoms with Gasteiger partial charge in [0.15, 0.2) is 2.14 Å². The van der Waals surface area contributed by atoms with Crippen LogP contribution >= 0.6 is 47.8 Å². The fourth-order valence-electron chi connectivity index (χ4n) is 0.755. The molecule has 13 heavy (non-hydrogen) atoms. The maximum atomic E-state index is 10.5. The van der Waals surface area contributed by atoms with E-state index in [9.17, 15) is 8.76 Å². The molecule has 0 aromatic heterocycles. The minimum absolute atomic E-state index is 0.278. The Hall–Kier alpha value is 0.770. The van der Waals surface area contributed by atoms with Gasteiger partial charge >= 0.3 is 0 Å². The van der Waals surface area contributed by atoms with Gasteiger partial charge in [-0.15, -0.1) is 0 Å². The minimum Gasteiger partial charge on any atom is -0.768 e. The molecular weight excluding hydrogens is 388 g/mol. The summed E-state index contributed by atoms with van der Waals surface area (Å²) in [4.78, 5) is 0.278. The number of hydrogen-bond donors (Lipinski definition) is 0. The summed E-state index contributed by atoms with van der Waals surface area (Å²) < 4.78 is 20.6. The highest BCUT2D eigenvalue weighted by atomic mass is 80.0. The Kier molecular flexibility index (Phi) is 4.12. The lowest BCUT2D eigenvalue weighted by molar-refractivity contribution is 0.537. The Morgan fingerprint density at radius 2 is 1.62 bits per heavy atom. The lowest BCUT2D eigenvalue weighted by Gasteiger charge is -2.13. The highest BCUT2D eigenvalue weighted by Crippen LogP contribution is 2.44. The second-order valence-electron chi connectivity index (χ2n) is 2.26. The third-order valence-electron chi connectivity index (χ3n) is 1.37. The predicted molar refractivity (Wildman–Crippen MR) is 62.1 cm³/mol. The van der Waals surface area contributed by atoms with E-state index >= 15 is 0 Å². The van der Waals surface area contributed by atoms with Crippen LogP contribution in [0.1, 0.15) is 5.56 Å². The topological polar surface area (TPSA) is 40.1 Å². The van der Waals surface area contributed by atoms with Crippen molar-refractivity contribution in [3.05, 3.63) is 29.8 Å². The average Bonchev–Trinajstić information content (AvgIpc) is 2.03. The Bertz CT molecular complexity index is 318. The Labute approximate surface area is 104 Å². The van der Waals surface area contributed by atoms with E-state index < -0.39 is 13.2 Å². The van der Waals surface area contributed by atoms with Crippen LogP contribution in [-0.4, -0.2) is 8.76 Å². The molecule has 6 heteroatoms. The molecule has 0 aliphatic heterocycles. The molecule has 0 heterocycles. The molecule has 1 unspecified atom stereocenters. The fourth-order valence-corrected chi connectivity index (χ4v) is 1.91. The van der Waals surface area contributed by atoms with E-state index in [-0.39, 0.29) is 4.90 Å². The third kappa shape index (κ3) is 3.43. The van der Waals surface area contributed by atoms with E-state index in [2.05, 4.69) is 47.8 Å². The van der Waals surface area contributed by atoms with Crippen LogP contribution in [0.5, 0.6) is 0 Å². The zero-order chi connectivity index (χ0) is 10.1. The fraction of sp³-hybridized carbons (Fsp3) is 0.143. The highest BCUT2D eigenvalue weighted by molar-refractivity contribution is 9.38. The molecule has 2 nitrogen and oxygen atoms in total. The van der Waals surface area contributed by atoms with Crippen molar-refractivity contribution in [1.82, 2.24) is 0 Å². The van der Waals surface area contributed by atoms with Crippen molar-refractivity contribution < 1.29 is 8.76 Å². The number of benzene rings is 1. The van der Waals surface area contributed by atoms with Crippen molar-refractivity contribution in [2.24, 2.45) is 0 Å². The molecule has 0 saturated heterocycles. The molecule has 0 amide bonds. The Morgan fingerprint density at radius 3 is 1.92 bits per heavy atom. The zero-order valence-corrected chi connectivity index (χ0v) is 11.7. The van der Waals surface area contributed by atoms with Crippen LogP contribution in [0.3, 0.4) is 0 Å². The second-order valence-corrected chi connectivity index (χ2v) is 9.96. The van der Waals surface area contributed by atoms with Crippen molar-refractivity contribution in [1.29, 1.82) is 0 Å². The summed E-state index contributed by atoms with van der Waals surface area (Å²) in [5.74, 6) is 0. The highest BCUT2D eigenvalue weighted by Gasteiger charge is 2.19. The van der Waals surface area contributed by atoms with Crippen LogP contribution < -0.4 is 0 Å². The van der Waals surface area contributed by atoms with Crippen molar-refractivity contribution in [3.63, 3.8) is 0 Å². The van der Waals surface area contributed by atoms with Crippen LogP contribution in [0.4, 0.5) is 0 Å². The molecule has 0 radical (unpaired) electrons. The first-order valence-corrected chi connectivity index (χ1v) is 6.63. The molecule has 72 valence electrons. The van der Waals surface area contributed by atoms with Gasteiger partial charge in [-0.25, -0.2) is 0 Å². The lowest BCUT2D eigenvalue weighted by atomic mass is 10.2. The molecule has 0 spiro atoms. The van der Waals surface area contributed by atoms with E-state index in [1.165, 1.54) is 12.1 Å². The summed E-state index contributed by atoms with van der Waals surface area (Å²) in [5.41, 5.74) is 0.890. The minimum atomic E-state index is -2.16. The monoisotopic (exact) mass is 389 g/mol. The maximum Gasteiger partial charge on any atom is 0.159 e. The normalized spacial score (nSPS) is 14.2. The smallest absolute Gasteiger partial charge is 0.159 e. The lowest BCUT2D eigenvalue weighted by Crippen LogP contribution is -1.98. The molecule has 0 saturated carbocycles. The summed E-state index contributed by atoms with van der Waals surface area (Å²) in [7, 11) is 0. The largest absolute Gasteiger partial charge is 0.768 e. The van der Waals surface area contributed by atoms with Crippen LogP contribution in [0.25, 0.3) is 0 Å². The molecule has 0 fully saturated rings. The van der Waals surface area contributed by atoms with Gasteiger partial charge in [-0.1, -0.05) is 59.9 Å². The van der Waals surface area contributed by atoms with Gasteiger partial charge in [-0.2, -0.15) is 0 Å². The van der Waals surface area contributed by atoms with Gasteiger partial charge in [0.1, 0.15) is 0 Å². The van der Waals surface area contributed by atoms with Crippen molar-refractivity contribution >= 4 is 58.9 Å². The van der Waals surface area contributed by atoms with E-state index in [4.69, 9.17) is 0 Å². The number of halogens is 3. The van der Waals surface area contributed by atoms with E-state index in [0.717, 1.165) is 5.56 Å². The van der Waals surface area contributed by atoms with Crippen LogP contribution in [0.2, 0.25) is 0 Å². The summed E-state index contributed by atoms with van der Waals surface area (Å²) in [6.07, 6.45) is 0. The zero-order valence-electron chi connectivity index (χ0n) is 6.17. The summed E-state index contributed by atoms with van der Waals surface area (Å²) >= 11 is 7.82. The van der Waals surface area contributed by atoms with Gasteiger partial charge in [-0.05, 0) is 28.8 Å². The van der Waals surface area contributed by atoms with E-state index in [0.29, 0.717) is 0 Å². The van der Waals surface area contributed by atoms with E-state index in [1.807, 2.05) is 0 Å². The van der Waals surface area contributed by atoms with Gasteiger partial charge in [0.05, 0.1) is 0 Å². The average molecular weight is 392 g/mol. The second kappa shape index (κ2) is 4.53. The van der Waals surface area contributed by atoms with Crippen molar-refractivity contribution in [3.8, 4) is 0 Å². The van der Waals surface area contributed by atoms with Gasteiger partial charge in [0.2, 0.25) is 0 Å². The van der Waals surface area contributed by atoms with Crippen molar-refractivity contribution in [2.45, 2.75) is 7.04 Å². The Balaban J connectivity index is 3.01. The number of hydrogen-bond acceptors (Lipinski definition) is 2. The number of alkyl halides is 3. The van der Waals surface area contributed by atoms with Crippen LogP contribution in [-0.2, 0) is 13.2 Å². The first-order chi connectivity index (χ1) is 5.91. The maximum absolute atomic E-state index is 10.5. The van der Waals surface area contributed by atoms with Gasteiger partial charge in [-0.3, -0.25) is 4.21 Å². The molecule has 0 aliphatic rings. The first kappa shape index (κ1) is 11.8. The standard InChI is InChI=1S/C7H5Br3O2S/c8-7(9,10)5-1-3-6(4-2-5)13(11)12/h1-4H,(H,11,12)/p-1. The van der Waals surface area contributed by atoms with Gasteiger partial charge < -0.3 is 4.55 Å². The van der Waals surface area contributed by atoms with Gasteiger partial charge in [0.25, 0.3) is 0 Å². The third-order valence-corrected chi connectivity index (χ3v) is 3.40. The molecule has 0 N–H and O–H groups in total. The van der Waals surface area contributed by atoms with Gasteiger partial charge in [0, 0.05) is 4.90 Å². The summed E-state index contributed by atoms with van der Waals surface area (Å²) in [6.45, 7) is 0. The Morgan fingerprint density at radius 1 is 1.15 bits per heavy atom. The van der Waals surface area contributed by atoms with Crippen LogP contribution in [0.15, 0.2) is 29.2 Å².